The van der Waals surface area contributed by atoms with E-state index in [0.29, 0.717) is 6.61 Å². The summed E-state index contributed by atoms with van der Waals surface area (Å²) in [6.07, 6.45) is 0. The molecular formula is C28H24O2. The van der Waals surface area contributed by atoms with Crippen LogP contribution in [0.25, 0.3) is 0 Å². The van der Waals surface area contributed by atoms with Crippen LogP contribution in [0.2, 0.25) is 0 Å². The Kier molecular flexibility index (Phi) is 6.36. The molecule has 0 saturated carbocycles. The van der Waals surface area contributed by atoms with Crippen molar-refractivity contribution in [2.24, 2.45) is 0 Å². The maximum absolute atomic E-state index is 13.3. The number of hydrogen-bond donors (Lipinski definition) is 0. The third kappa shape index (κ3) is 4.66. The number of rotatable bonds is 7. The van der Waals surface area contributed by atoms with Gasteiger partial charge < -0.3 is 4.74 Å². The molecule has 30 heavy (non-hydrogen) atoms. The Bertz CT molecular complexity index is 966. The van der Waals surface area contributed by atoms with Gasteiger partial charge in [0, 0.05) is 5.92 Å². The van der Waals surface area contributed by atoms with Gasteiger partial charge in [0.1, 0.15) is 12.5 Å². The molecule has 0 heterocycles. The van der Waals surface area contributed by atoms with Crippen molar-refractivity contribution in [1.82, 2.24) is 0 Å². The van der Waals surface area contributed by atoms with Gasteiger partial charge in [0.05, 0.1) is 0 Å². The van der Waals surface area contributed by atoms with Crippen molar-refractivity contribution >= 4 is 5.97 Å². The number of benzene rings is 4. The van der Waals surface area contributed by atoms with Crippen LogP contribution in [-0.4, -0.2) is 12.6 Å². The lowest BCUT2D eigenvalue weighted by molar-refractivity contribution is -0.144. The Hall–Kier alpha value is -3.65. The zero-order chi connectivity index (χ0) is 20.6. The van der Waals surface area contributed by atoms with Crippen molar-refractivity contribution in [3.63, 3.8) is 0 Å². The Labute approximate surface area is 177 Å². The van der Waals surface area contributed by atoms with Crippen LogP contribution < -0.4 is 0 Å². The molecule has 148 valence electrons. The zero-order valence-electron chi connectivity index (χ0n) is 16.7. The fraction of sp³-hybridized carbons (Fsp3) is 0.107. The van der Waals surface area contributed by atoms with Crippen molar-refractivity contribution in [2.75, 3.05) is 6.61 Å². The molecule has 0 N–H and O–H groups in total. The van der Waals surface area contributed by atoms with E-state index in [1.165, 1.54) is 0 Å². The van der Waals surface area contributed by atoms with Gasteiger partial charge in [0.15, 0.2) is 0 Å². The Balaban J connectivity index is 1.60. The number of ether oxygens (including phenoxy) is 1. The Morgan fingerprint density at radius 3 is 1.23 bits per heavy atom. The monoisotopic (exact) mass is 392 g/mol. The summed E-state index contributed by atoms with van der Waals surface area (Å²) in [5.74, 6) is -0.688. The predicted molar refractivity (Wildman–Crippen MR) is 120 cm³/mol. The SMILES string of the molecule is O=C(OCC(c1ccccc1)c1ccccc1)C(c1ccccc1)c1ccccc1. The van der Waals surface area contributed by atoms with Gasteiger partial charge in [-0.25, -0.2) is 0 Å². The average Bonchev–Trinajstić information content (AvgIpc) is 2.82. The first-order valence-electron chi connectivity index (χ1n) is 10.2. The minimum absolute atomic E-state index is 0.0106. The lowest BCUT2D eigenvalue weighted by Gasteiger charge is -2.21. The number of hydrogen-bond acceptors (Lipinski definition) is 2. The molecule has 0 unspecified atom stereocenters. The van der Waals surface area contributed by atoms with Crippen LogP contribution in [0.1, 0.15) is 34.1 Å². The smallest absolute Gasteiger partial charge is 0.317 e. The standard InChI is InChI=1S/C28H24O2/c29-28(27(24-17-9-3-10-18-24)25-19-11-4-12-20-25)30-21-26(22-13-5-1-6-14-22)23-15-7-2-8-16-23/h1-20,26-27H,21H2. The highest BCUT2D eigenvalue weighted by Gasteiger charge is 2.25. The molecule has 0 aliphatic rings. The van der Waals surface area contributed by atoms with Crippen molar-refractivity contribution in [1.29, 1.82) is 0 Å². The lowest BCUT2D eigenvalue weighted by Crippen LogP contribution is -2.21. The van der Waals surface area contributed by atoms with Crippen LogP contribution in [0.3, 0.4) is 0 Å². The number of carbonyl (C=O) groups is 1. The van der Waals surface area contributed by atoms with Crippen LogP contribution in [0.15, 0.2) is 121 Å². The molecule has 0 saturated heterocycles. The van der Waals surface area contributed by atoms with Gasteiger partial charge in [-0.05, 0) is 22.3 Å². The highest BCUT2D eigenvalue weighted by atomic mass is 16.5. The zero-order valence-corrected chi connectivity index (χ0v) is 16.7. The summed E-state index contributed by atoms with van der Waals surface area (Å²) >= 11 is 0. The molecule has 0 amide bonds. The summed E-state index contributed by atoms with van der Waals surface area (Å²) in [7, 11) is 0. The van der Waals surface area contributed by atoms with E-state index in [4.69, 9.17) is 4.74 Å². The van der Waals surface area contributed by atoms with E-state index in [-0.39, 0.29) is 11.9 Å². The van der Waals surface area contributed by atoms with Crippen molar-refractivity contribution < 1.29 is 9.53 Å². The molecule has 2 nitrogen and oxygen atoms in total. The Morgan fingerprint density at radius 1 is 0.533 bits per heavy atom. The van der Waals surface area contributed by atoms with Gasteiger partial charge in [0.25, 0.3) is 0 Å². The fourth-order valence-electron chi connectivity index (χ4n) is 3.76. The average molecular weight is 392 g/mol. The molecule has 4 aromatic rings. The molecular weight excluding hydrogens is 368 g/mol. The molecule has 4 rings (SSSR count). The molecule has 4 aromatic carbocycles. The Morgan fingerprint density at radius 2 is 0.867 bits per heavy atom. The summed E-state index contributed by atoms with van der Waals surface area (Å²) in [5.41, 5.74) is 4.13. The highest BCUT2D eigenvalue weighted by Crippen LogP contribution is 2.29. The highest BCUT2D eigenvalue weighted by molar-refractivity contribution is 5.82. The molecule has 0 spiro atoms. The minimum atomic E-state index is -0.445. The van der Waals surface area contributed by atoms with E-state index in [9.17, 15) is 4.79 Å². The van der Waals surface area contributed by atoms with Gasteiger partial charge in [-0.3, -0.25) is 4.79 Å². The molecule has 0 aliphatic carbocycles. The topological polar surface area (TPSA) is 26.3 Å². The van der Waals surface area contributed by atoms with Gasteiger partial charge in [-0.1, -0.05) is 121 Å². The second-order valence-electron chi connectivity index (χ2n) is 7.26. The summed E-state index contributed by atoms with van der Waals surface area (Å²) < 4.78 is 5.95. The van der Waals surface area contributed by atoms with Gasteiger partial charge >= 0.3 is 5.97 Å². The molecule has 0 radical (unpaired) electrons. The van der Waals surface area contributed by atoms with Crippen LogP contribution in [-0.2, 0) is 9.53 Å². The second-order valence-corrected chi connectivity index (χ2v) is 7.26. The third-order valence-electron chi connectivity index (χ3n) is 5.30. The van der Waals surface area contributed by atoms with E-state index < -0.39 is 5.92 Å². The van der Waals surface area contributed by atoms with E-state index >= 15 is 0 Å². The number of carbonyl (C=O) groups excluding carboxylic acids is 1. The van der Waals surface area contributed by atoms with E-state index in [1.807, 2.05) is 97.1 Å². The first-order chi connectivity index (χ1) is 14.8. The van der Waals surface area contributed by atoms with Crippen molar-refractivity contribution in [2.45, 2.75) is 11.8 Å². The molecule has 0 aliphatic heterocycles. The van der Waals surface area contributed by atoms with Crippen molar-refractivity contribution in [3.8, 4) is 0 Å². The summed E-state index contributed by atoms with van der Waals surface area (Å²) in [6, 6.07) is 40.0. The van der Waals surface area contributed by atoms with Crippen LogP contribution >= 0.6 is 0 Å². The minimum Gasteiger partial charge on any atom is -0.464 e. The third-order valence-corrected chi connectivity index (χ3v) is 5.30. The quantitative estimate of drug-likeness (QED) is 0.350. The summed E-state index contributed by atoms with van der Waals surface area (Å²) in [4.78, 5) is 13.3. The van der Waals surface area contributed by atoms with Crippen LogP contribution in [0.5, 0.6) is 0 Å². The van der Waals surface area contributed by atoms with Gasteiger partial charge in [0.2, 0.25) is 0 Å². The molecule has 2 heteroatoms. The molecule has 0 bridgehead atoms. The second kappa shape index (κ2) is 9.71. The maximum Gasteiger partial charge on any atom is 0.317 e. The molecule has 0 atom stereocenters. The summed E-state index contributed by atoms with van der Waals surface area (Å²) in [5, 5.41) is 0. The number of esters is 1. The van der Waals surface area contributed by atoms with E-state index in [2.05, 4.69) is 24.3 Å². The summed E-state index contributed by atoms with van der Waals surface area (Å²) in [6.45, 7) is 0.295. The van der Waals surface area contributed by atoms with Crippen LogP contribution in [0, 0.1) is 0 Å². The van der Waals surface area contributed by atoms with Crippen molar-refractivity contribution in [3.05, 3.63) is 144 Å². The normalized spacial score (nSPS) is 10.9. The van der Waals surface area contributed by atoms with E-state index in [1.54, 1.807) is 0 Å². The van der Waals surface area contributed by atoms with Crippen LogP contribution in [0.4, 0.5) is 0 Å². The first-order valence-corrected chi connectivity index (χ1v) is 10.2. The van der Waals surface area contributed by atoms with Gasteiger partial charge in [-0.15, -0.1) is 0 Å². The largest absolute Gasteiger partial charge is 0.464 e. The predicted octanol–water partition coefficient (Wildman–Crippen LogP) is 6.19. The fourth-order valence-corrected chi connectivity index (χ4v) is 3.76. The molecule has 0 aromatic heterocycles. The van der Waals surface area contributed by atoms with E-state index in [0.717, 1.165) is 22.3 Å². The van der Waals surface area contributed by atoms with Gasteiger partial charge in [-0.2, -0.15) is 0 Å². The lowest BCUT2D eigenvalue weighted by atomic mass is 9.90. The maximum atomic E-state index is 13.3. The molecule has 0 fully saturated rings. The first kappa shape index (κ1) is 19.7.